The number of nitrogens with zero attached hydrogens (tertiary/aromatic N) is 1. The van der Waals surface area contributed by atoms with E-state index >= 15 is 0 Å². The Kier molecular flexibility index (Phi) is 4.05. The molecule has 1 aliphatic rings. The standard InChI is InChI=1S/C12H18BrNO2/c1-14(8-9-6-7-12(13)16-9)10-4-2-3-5-11(10)15/h6-7,10-11,15H,2-5,8H2,1H3. The summed E-state index contributed by atoms with van der Waals surface area (Å²) in [4.78, 5) is 2.19. The molecule has 1 fully saturated rings. The largest absolute Gasteiger partial charge is 0.453 e. The van der Waals surface area contributed by atoms with Gasteiger partial charge in [0.15, 0.2) is 4.67 Å². The summed E-state index contributed by atoms with van der Waals surface area (Å²) < 4.78 is 6.24. The van der Waals surface area contributed by atoms with E-state index in [2.05, 4.69) is 27.9 Å². The Labute approximate surface area is 105 Å². The predicted molar refractivity (Wildman–Crippen MR) is 66.1 cm³/mol. The zero-order chi connectivity index (χ0) is 11.5. The third-order valence-corrected chi connectivity index (χ3v) is 3.72. The lowest BCUT2D eigenvalue weighted by molar-refractivity contribution is 0.0261. The molecular weight excluding hydrogens is 270 g/mol. The van der Waals surface area contributed by atoms with Crippen LogP contribution in [0.2, 0.25) is 0 Å². The minimum Gasteiger partial charge on any atom is -0.453 e. The second kappa shape index (κ2) is 5.34. The fraction of sp³-hybridized carbons (Fsp3) is 0.667. The van der Waals surface area contributed by atoms with Crippen molar-refractivity contribution in [2.24, 2.45) is 0 Å². The molecule has 1 aliphatic carbocycles. The van der Waals surface area contributed by atoms with Crippen LogP contribution in [0.3, 0.4) is 0 Å². The molecule has 16 heavy (non-hydrogen) atoms. The van der Waals surface area contributed by atoms with Gasteiger partial charge in [-0.05, 0) is 48.0 Å². The van der Waals surface area contributed by atoms with Gasteiger partial charge in [0, 0.05) is 6.04 Å². The predicted octanol–water partition coefficient (Wildman–Crippen LogP) is 2.78. The number of likely N-dealkylation sites (N-methyl/N-ethyl adjacent to an activating group) is 1. The van der Waals surface area contributed by atoms with E-state index in [1.807, 2.05) is 12.1 Å². The molecule has 90 valence electrons. The molecule has 0 aromatic carbocycles. The first kappa shape index (κ1) is 12.1. The van der Waals surface area contributed by atoms with Gasteiger partial charge in [0.1, 0.15) is 5.76 Å². The highest BCUT2D eigenvalue weighted by atomic mass is 79.9. The van der Waals surface area contributed by atoms with E-state index < -0.39 is 0 Å². The highest BCUT2D eigenvalue weighted by Gasteiger charge is 2.26. The van der Waals surface area contributed by atoms with Crippen LogP contribution in [0.15, 0.2) is 21.2 Å². The van der Waals surface area contributed by atoms with Crippen molar-refractivity contribution >= 4 is 15.9 Å². The summed E-state index contributed by atoms with van der Waals surface area (Å²) >= 11 is 3.30. The number of aliphatic hydroxyl groups excluding tert-OH is 1. The molecule has 0 spiro atoms. The Morgan fingerprint density at radius 1 is 1.44 bits per heavy atom. The summed E-state index contributed by atoms with van der Waals surface area (Å²) in [5, 5.41) is 9.94. The average molecular weight is 288 g/mol. The second-order valence-corrected chi connectivity index (χ2v) is 5.32. The molecule has 1 saturated carbocycles. The molecule has 2 unspecified atom stereocenters. The first-order valence-corrected chi connectivity index (χ1v) is 6.58. The van der Waals surface area contributed by atoms with Gasteiger partial charge in [-0.2, -0.15) is 0 Å². The van der Waals surface area contributed by atoms with Gasteiger partial charge < -0.3 is 9.52 Å². The molecule has 1 aromatic rings. The first-order valence-electron chi connectivity index (χ1n) is 5.79. The number of aliphatic hydroxyl groups is 1. The maximum Gasteiger partial charge on any atom is 0.169 e. The Morgan fingerprint density at radius 3 is 2.81 bits per heavy atom. The van der Waals surface area contributed by atoms with E-state index in [-0.39, 0.29) is 12.1 Å². The van der Waals surface area contributed by atoms with E-state index in [0.29, 0.717) is 0 Å². The van der Waals surface area contributed by atoms with Crippen molar-refractivity contribution in [3.8, 4) is 0 Å². The maximum absolute atomic E-state index is 9.94. The van der Waals surface area contributed by atoms with Crippen LogP contribution in [0.25, 0.3) is 0 Å². The van der Waals surface area contributed by atoms with E-state index in [0.717, 1.165) is 36.2 Å². The zero-order valence-electron chi connectivity index (χ0n) is 9.53. The molecule has 0 amide bonds. The molecule has 1 aromatic heterocycles. The van der Waals surface area contributed by atoms with Gasteiger partial charge in [-0.1, -0.05) is 12.8 Å². The van der Waals surface area contributed by atoms with Crippen molar-refractivity contribution in [1.82, 2.24) is 4.90 Å². The van der Waals surface area contributed by atoms with E-state index in [4.69, 9.17) is 4.42 Å². The normalized spacial score (nSPS) is 26.2. The lowest BCUT2D eigenvalue weighted by Gasteiger charge is -2.34. The Morgan fingerprint density at radius 2 is 2.19 bits per heavy atom. The van der Waals surface area contributed by atoms with Crippen molar-refractivity contribution in [3.05, 3.63) is 22.6 Å². The Balaban J connectivity index is 1.93. The van der Waals surface area contributed by atoms with Crippen LogP contribution in [-0.2, 0) is 6.54 Å². The van der Waals surface area contributed by atoms with Crippen LogP contribution in [0, 0.1) is 0 Å². The maximum atomic E-state index is 9.94. The number of hydrogen-bond donors (Lipinski definition) is 1. The number of furan rings is 1. The molecule has 0 bridgehead atoms. The number of halogens is 1. The van der Waals surface area contributed by atoms with Crippen LogP contribution in [0.4, 0.5) is 0 Å². The molecule has 1 heterocycles. The van der Waals surface area contributed by atoms with Gasteiger partial charge >= 0.3 is 0 Å². The summed E-state index contributed by atoms with van der Waals surface area (Å²) in [6.07, 6.45) is 4.19. The Bertz CT molecular complexity index is 340. The molecular formula is C12H18BrNO2. The average Bonchev–Trinajstić information content (AvgIpc) is 2.64. The molecule has 4 heteroatoms. The van der Waals surface area contributed by atoms with Crippen molar-refractivity contribution in [2.75, 3.05) is 7.05 Å². The van der Waals surface area contributed by atoms with Crippen LogP contribution in [0.1, 0.15) is 31.4 Å². The first-order chi connectivity index (χ1) is 7.66. The highest BCUT2D eigenvalue weighted by Crippen LogP contribution is 2.24. The zero-order valence-corrected chi connectivity index (χ0v) is 11.1. The van der Waals surface area contributed by atoms with Crippen LogP contribution in [0.5, 0.6) is 0 Å². The quantitative estimate of drug-likeness (QED) is 0.929. The fourth-order valence-electron chi connectivity index (χ4n) is 2.41. The summed E-state index contributed by atoms with van der Waals surface area (Å²) in [5.41, 5.74) is 0. The van der Waals surface area contributed by atoms with Crippen molar-refractivity contribution < 1.29 is 9.52 Å². The van der Waals surface area contributed by atoms with Gasteiger partial charge in [0.05, 0.1) is 12.6 Å². The molecule has 0 radical (unpaired) electrons. The highest BCUT2D eigenvalue weighted by molar-refractivity contribution is 9.10. The number of hydrogen-bond acceptors (Lipinski definition) is 3. The number of rotatable bonds is 3. The minimum absolute atomic E-state index is 0.183. The lowest BCUT2D eigenvalue weighted by atomic mass is 9.91. The van der Waals surface area contributed by atoms with Gasteiger partial charge in [0.2, 0.25) is 0 Å². The molecule has 1 N–H and O–H groups in total. The van der Waals surface area contributed by atoms with Crippen molar-refractivity contribution in [2.45, 2.75) is 44.4 Å². The molecule has 2 rings (SSSR count). The second-order valence-electron chi connectivity index (χ2n) is 4.54. The summed E-state index contributed by atoms with van der Waals surface area (Å²) in [5.74, 6) is 0.937. The molecule has 2 atom stereocenters. The molecule has 0 aliphatic heterocycles. The topological polar surface area (TPSA) is 36.6 Å². The third-order valence-electron chi connectivity index (χ3n) is 3.29. The van der Waals surface area contributed by atoms with Gasteiger partial charge in [-0.25, -0.2) is 0 Å². The smallest absolute Gasteiger partial charge is 0.169 e. The third kappa shape index (κ3) is 2.87. The SMILES string of the molecule is CN(Cc1ccc(Br)o1)C1CCCCC1O. The summed E-state index contributed by atoms with van der Waals surface area (Å²) in [6, 6.07) is 4.15. The minimum atomic E-state index is -0.183. The van der Waals surface area contributed by atoms with E-state index in [1.165, 1.54) is 6.42 Å². The van der Waals surface area contributed by atoms with Crippen LogP contribution in [-0.4, -0.2) is 29.2 Å². The lowest BCUT2D eigenvalue weighted by Crippen LogP contribution is -2.42. The monoisotopic (exact) mass is 287 g/mol. The van der Waals surface area contributed by atoms with E-state index in [1.54, 1.807) is 0 Å². The Hall–Kier alpha value is -0.320. The van der Waals surface area contributed by atoms with Gasteiger partial charge in [-0.15, -0.1) is 0 Å². The van der Waals surface area contributed by atoms with Crippen LogP contribution < -0.4 is 0 Å². The van der Waals surface area contributed by atoms with Crippen LogP contribution >= 0.6 is 15.9 Å². The van der Waals surface area contributed by atoms with Gasteiger partial charge in [-0.3, -0.25) is 4.90 Å². The summed E-state index contributed by atoms with van der Waals surface area (Å²) in [6.45, 7) is 0.757. The van der Waals surface area contributed by atoms with Crippen molar-refractivity contribution in [1.29, 1.82) is 0 Å². The molecule has 3 nitrogen and oxygen atoms in total. The summed E-state index contributed by atoms with van der Waals surface area (Å²) in [7, 11) is 2.05. The molecule has 0 saturated heterocycles. The van der Waals surface area contributed by atoms with E-state index in [9.17, 15) is 5.11 Å². The van der Waals surface area contributed by atoms with Crippen molar-refractivity contribution in [3.63, 3.8) is 0 Å². The van der Waals surface area contributed by atoms with Gasteiger partial charge in [0.25, 0.3) is 0 Å². The fourth-order valence-corrected chi connectivity index (χ4v) is 2.75.